The Morgan fingerprint density at radius 1 is 1.27 bits per heavy atom. The third-order valence-corrected chi connectivity index (χ3v) is 4.95. The molecule has 2 amide bonds. The average Bonchev–Trinajstić information content (AvgIpc) is 3.03. The number of rotatable bonds is 4. The van der Waals surface area contributed by atoms with E-state index in [-0.39, 0.29) is 17.9 Å². The van der Waals surface area contributed by atoms with Gasteiger partial charge < -0.3 is 14.7 Å². The van der Waals surface area contributed by atoms with Crippen molar-refractivity contribution in [3.63, 3.8) is 0 Å². The molecule has 6 nitrogen and oxygen atoms in total. The number of nitrogens with one attached hydrogen (secondary N) is 1. The van der Waals surface area contributed by atoms with Crippen molar-refractivity contribution in [3.8, 4) is 0 Å². The van der Waals surface area contributed by atoms with Crippen molar-refractivity contribution >= 4 is 17.5 Å². The van der Waals surface area contributed by atoms with Gasteiger partial charge in [-0.15, -0.1) is 0 Å². The van der Waals surface area contributed by atoms with E-state index in [2.05, 4.69) is 17.4 Å². The molecule has 2 aromatic rings. The van der Waals surface area contributed by atoms with Crippen LogP contribution in [0.1, 0.15) is 65.3 Å². The van der Waals surface area contributed by atoms with Gasteiger partial charge in [-0.05, 0) is 63.8 Å². The van der Waals surface area contributed by atoms with E-state index in [4.69, 9.17) is 4.52 Å². The molecule has 1 fully saturated rings. The van der Waals surface area contributed by atoms with Crippen LogP contribution in [0.15, 0.2) is 28.8 Å². The predicted octanol–water partition coefficient (Wildman–Crippen LogP) is 3.81. The van der Waals surface area contributed by atoms with E-state index in [9.17, 15) is 9.59 Å². The highest BCUT2D eigenvalue weighted by Crippen LogP contribution is 2.21. The summed E-state index contributed by atoms with van der Waals surface area (Å²) in [5, 5.41) is 6.76. The normalized spacial score (nSPS) is 17.2. The summed E-state index contributed by atoms with van der Waals surface area (Å²) < 4.78 is 5.11. The number of aryl methyl sites for hydroxylation is 2. The molecule has 0 spiro atoms. The van der Waals surface area contributed by atoms with Crippen LogP contribution in [0.3, 0.4) is 0 Å². The quantitative estimate of drug-likeness (QED) is 0.905. The molecule has 1 aromatic heterocycles. The van der Waals surface area contributed by atoms with Crippen LogP contribution >= 0.6 is 0 Å². The minimum Gasteiger partial charge on any atom is -0.361 e. The van der Waals surface area contributed by atoms with Crippen molar-refractivity contribution < 1.29 is 14.1 Å². The molecule has 0 bridgehead atoms. The molecule has 0 radical (unpaired) electrons. The maximum atomic E-state index is 12.7. The monoisotopic (exact) mass is 355 g/mol. The summed E-state index contributed by atoms with van der Waals surface area (Å²) >= 11 is 0. The first kappa shape index (κ1) is 18.2. The minimum atomic E-state index is -0.246. The Morgan fingerprint density at radius 3 is 2.65 bits per heavy atom. The second-order valence-corrected chi connectivity index (χ2v) is 6.79. The van der Waals surface area contributed by atoms with Crippen molar-refractivity contribution in [2.24, 2.45) is 0 Å². The van der Waals surface area contributed by atoms with Crippen molar-refractivity contribution in [1.82, 2.24) is 10.1 Å². The number of likely N-dealkylation sites (tertiary alicyclic amines) is 1. The average molecular weight is 355 g/mol. The van der Waals surface area contributed by atoms with Crippen LogP contribution in [0.25, 0.3) is 0 Å². The Hall–Kier alpha value is -2.63. The van der Waals surface area contributed by atoms with Crippen LogP contribution in [0.2, 0.25) is 0 Å². The third kappa shape index (κ3) is 3.64. The van der Waals surface area contributed by atoms with E-state index < -0.39 is 0 Å². The lowest BCUT2D eigenvalue weighted by atomic mass is 10.0. The van der Waals surface area contributed by atoms with Gasteiger partial charge in [0.1, 0.15) is 11.3 Å². The fraction of sp³-hybridized carbons (Fsp3) is 0.450. The van der Waals surface area contributed by atoms with E-state index in [0.29, 0.717) is 34.7 Å². The van der Waals surface area contributed by atoms with Gasteiger partial charge in [-0.3, -0.25) is 9.59 Å². The molecule has 1 saturated heterocycles. The van der Waals surface area contributed by atoms with Gasteiger partial charge in [-0.2, -0.15) is 0 Å². The second kappa shape index (κ2) is 7.72. The standard InChI is InChI=1S/C20H25N3O3/c1-4-17-18(14(3)26-22-17)19(24)21-16-10-8-15(9-11-16)20(25)23-12-6-5-7-13(23)2/h8-11,13H,4-7,12H2,1-3H3,(H,21,24)/t13-/m0/s1. The van der Waals surface area contributed by atoms with Crippen LogP contribution in [0, 0.1) is 6.92 Å². The SMILES string of the molecule is CCc1noc(C)c1C(=O)Nc1ccc(C(=O)N2CCCC[C@@H]2C)cc1. The maximum absolute atomic E-state index is 12.7. The van der Waals surface area contributed by atoms with Gasteiger partial charge in [0.2, 0.25) is 0 Å². The number of anilines is 1. The lowest BCUT2D eigenvalue weighted by Crippen LogP contribution is -2.42. The predicted molar refractivity (Wildman–Crippen MR) is 99.4 cm³/mol. The molecular weight excluding hydrogens is 330 g/mol. The molecule has 1 aliphatic rings. The lowest BCUT2D eigenvalue weighted by Gasteiger charge is -2.33. The van der Waals surface area contributed by atoms with Crippen LogP contribution in [0.5, 0.6) is 0 Å². The first-order chi connectivity index (χ1) is 12.5. The van der Waals surface area contributed by atoms with E-state index >= 15 is 0 Å². The zero-order valence-electron chi connectivity index (χ0n) is 15.5. The van der Waals surface area contributed by atoms with Gasteiger partial charge in [0.25, 0.3) is 11.8 Å². The van der Waals surface area contributed by atoms with Gasteiger partial charge in [-0.25, -0.2) is 0 Å². The number of aromatic nitrogens is 1. The maximum Gasteiger partial charge on any atom is 0.261 e. The number of nitrogens with zero attached hydrogens (tertiary/aromatic N) is 2. The number of carbonyl (C=O) groups excluding carboxylic acids is 2. The van der Waals surface area contributed by atoms with E-state index in [1.165, 1.54) is 6.42 Å². The van der Waals surface area contributed by atoms with Crippen LogP contribution in [-0.2, 0) is 6.42 Å². The number of piperidine rings is 1. The fourth-order valence-corrected chi connectivity index (χ4v) is 3.41. The summed E-state index contributed by atoms with van der Waals surface area (Å²) in [5.74, 6) is 0.313. The summed E-state index contributed by atoms with van der Waals surface area (Å²) in [6, 6.07) is 7.32. The highest BCUT2D eigenvalue weighted by atomic mass is 16.5. The smallest absolute Gasteiger partial charge is 0.261 e. The van der Waals surface area contributed by atoms with Crippen LogP contribution in [0.4, 0.5) is 5.69 Å². The Balaban J connectivity index is 1.70. The third-order valence-electron chi connectivity index (χ3n) is 4.95. The molecule has 6 heteroatoms. The summed E-state index contributed by atoms with van der Waals surface area (Å²) in [6.45, 7) is 6.56. The summed E-state index contributed by atoms with van der Waals surface area (Å²) in [6.07, 6.45) is 3.92. The van der Waals surface area contributed by atoms with Gasteiger partial charge >= 0.3 is 0 Å². The molecule has 1 atom stereocenters. The highest BCUT2D eigenvalue weighted by Gasteiger charge is 2.24. The van der Waals surface area contributed by atoms with Gasteiger partial charge in [0, 0.05) is 23.8 Å². The van der Waals surface area contributed by atoms with Crippen LogP contribution < -0.4 is 5.32 Å². The molecule has 0 aliphatic carbocycles. The molecular formula is C20H25N3O3. The van der Waals surface area contributed by atoms with Crippen LogP contribution in [-0.4, -0.2) is 34.5 Å². The number of carbonyl (C=O) groups is 2. The first-order valence-electron chi connectivity index (χ1n) is 9.18. The Labute approximate surface area is 153 Å². The van der Waals surface area contributed by atoms with Crippen molar-refractivity contribution in [2.45, 2.75) is 52.5 Å². The first-order valence-corrected chi connectivity index (χ1v) is 9.18. The molecule has 0 unspecified atom stereocenters. The largest absolute Gasteiger partial charge is 0.361 e. The minimum absolute atomic E-state index is 0.0539. The number of benzene rings is 1. The van der Waals surface area contributed by atoms with Crippen molar-refractivity contribution in [2.75, 3.05) is 11.9 Å². The zero-order valence-corrected chi connectivity index (χ0v) is 15.5. The summed E-state index contributed by atoms with van der Waals surface area (Å²) in [5.41, 5.74) is 2.41. The van der Waals surface area contributed by atoms with Gasteiger partial charge in [0.15, 0.2) is 0 Å². The Bertz CT molecular complexity index is 795. The molecule has 3 rings (SSSR count). The number of amides is 2. The van der Waals surface area contributed by atoms with Crippen molar-refractivity contribution in [1.29, 1.82) is 0 Å². The molecule has 0 saturated carbocycles. The van der Waals surface area contributed by atoms with E-state index in [1.807, 2.05) is 11.8 Å². The van der Waals surface area contributed by atoms with Gasteiger partial charge in [0.05, 0.1) is 5.69 Å². The molecule has 1 aromatic carbocycles. The summed E-state index contributed by atoms with van der Waals surface area (Å²) in [7, 11) is 0. The van der Waals surface area contributed by atoms with Gasteiger partial charge in [-0.1, -0.05) is 12.1 Å². The fourth-order valence-electron chi connectivity index (χ4n) is 3.41. The molecule has 26 heavy (non-hydrogen) atoms. The zero-order chi connectivity index (χ0) is 18.7. The second-order valence-electron chi connectivity index (χ2n) is 6.79. The number of hydrogen-bond donors (Lipinski definition) is 1. The lowest BCUT2D eigenvalue weighted by molar-refractivity contribution is 0.0635. The molecule has 2 heterocycles. The summed E-state index contributed by atoms with van der Waals surface area (Å²) in [4.78, 5) is 27.1. The molecule has 1 aliphatic heterocycles. The Kier molecular flexibility index (Phi) is 5.40. The number of hydrogen-bond acceptors (Lipinski definition) is 4. The van der Waals surface area contributed by atoms with E-state index in [1.54, 1.807) is 31.2 Å². The topological polar surface area (TPSA) is 75.4 Å². The Morgan fingerprint density at radius 2 is 2.00 bits per heavy atom. The molecule has 138 valence electrons. The highest BCUT2D eigenvalue weighted by molar-refractivity contribution is 6.06. The molecule has 1 N–H and O–H groups in total. The van der Waals surface area contributed by atoms with E-state index in [0.717, 1.165) is 19.4 Å². The van der Waals surface area contributed by atoms with Crippen molar-refractivity contribution in [3.05, 3.63) is 46.8 Å².